The molecule has 0 heterocycles. The number of anilines is 1. The highest BCUT2D eigenvalue weighted by Gasteiger charge is 2.10. The van der Waals surface area contributed by atoms with Crippen LogP contribution in [0.1, 0.15) is 17.1 Å². The first-order valence-electron chi connectivity index (χ1n) is 6.83. The number of esters is 1. The van der Waals surface area contributed by atoms with Gasteiger partial charge in [0.2, 0.25) is 0 Å². The predicted octanol–water partition coefficient (Wildman–Crippen LogP) is 4.05. The summed E-state index contributed by atoms with van der Waals surface area (Å²) in [5.74, 6) is -1.51. The van der Waals surface area contributed by atoms with Gasteiger partial charge in [-0.2, -0.15) is 0 Å². The minimum absolute atomic E-state index is 0.365. The van der Waals surface area contributed by atoms with Gasteiger partial charge in [0.25, 0.3) is 0 Å². The van der Waals surface area contributed by atoms with Gasteiger partial charge < -0.3 is 10.1 Å². The molecule has 0 spiro atoms. The molecule has 2 rings (SSSR count). The number of carbonyl (C=O) groups excluding carboxylic acids is 1. The predicted molar refractivity (Wildman–Crippen MR) is 93.7 cm³/mol. The SMILES string of the molecule is [B]C(Nc1cccc(/C=C/C(=O)OC)c1)c1ccc(Br)cc1F. The van der Waals surface area contributed by atoms with Crippen molar-refractivity contribution in [3.63, 3.8) is 0 Å². The Balaban J connectivity index is 2.13. The number of ether oxygens (including phenoxy) is 1. The number of carbonyl (C=O) groups is 1. The lowest BCUT2D eigenvalue weighted by Crippen LogP contribution is -2.12. The van der Waals surface area contributed by atoms with Crippen molar-refractivity contribution in [3.8, 4) is 0 Å². The van der Waals surface area contributed by atoms with Gasteiger partial charge in [-0.15, -0.1) is 0 Å². The number of rotatable bonds is 5. The Labute approximate surface area is 144 Å². The van der Waals surface area contributed by atoms with E-state index < -0.39 is 11.9 Å². The standard InChI is InChI=1S/C17H14BBrFNO2/c1-23-16(22)8-5-11-3-2-4-13(9-11)21-17(18)14-7-6-12(19)10-15(14)20/h2-10,17,21H,1H3/b8-5+. The van der Waals surface area contributed by atoms with Crippen LogP contribution in [0.2, 0.25) is 0 Å². The summed E-state index contributed by atoms with van der Waals surface area (Å²) in [4.78, 5) is 11.1. The molecule has 2 aromatic carbocycles. The smallest absolute Gasteiger partial charge is 0.330 e. The van der Waals surface area contributed by atoms with E-state index >= 15 is 0 Å². The van der Waals surface area contributed by atoms with Crippen molar-refractivity contribution in [1.82, 2.24) is 0 Å². The Kier molecular flexibility index (Phi) is 5.99. The maximum absolute atomic E-state index is 13.9. The van der Waals surface area contributed by atoms with E-state index in [2.05, 4.69) is 26.0 Å². The molecule has 0 bridgehead atoms. The second-order valence-corrected chi connectivity index (χ2v) is 5.69. The zero-order chi connectivity index (χ0) is 16.8. The maximum atomic E-state index is 13.9. The molecule has 2 aromatic rings. The highest BCUT2D eigenvalue weighted by Crippen LogP contribution is 2.23. The quantitative estimate of drug-likeness (QED) is 0.488. The van der Waals surface area contributed by atoms with E-state index in [1.54, 1.807) is 24.3 Å². The number of nitrogens with one attached hydrogen (secondary N) is 1. The molecule has 2 radical (unpaired) electrons. The number of hydrogen-bond donors (Lipinski definition) is 1. The molecule has 0 saturated heterocycles. The minimum Gasteiger partial charge on any atom is -0.466 e. The Morgan fingerprint density at radius 1 is 1.35 bits per heavy atom. The van der Waals surface area contributed by atoms with Gasteiger partial charge in [0.1, 0.15) is 13.7 Å². The van der Waals surface area contributed by atoms with E-state index in [0.29, 0.717) is 15.7 Å². The third-order valence-electron chi connectivity index (χ3n) is 3.12. The third kappa shape index (κ3) is 4.96. The largest absolute Gasteiger partial charge is 0.466 e. The molecule has 0 amide bonds. The highest BCUT2D eigenvalue weighted by atomic mass is 79.9. The molecule has 1 unspecified atom stereocenters. The van der Waals surface area contributed by atoms with Crippen LogP contribution in [-0.2, 0) is 9.53 Å². The Bertz CT molecular complexity index is 736. The molecule has 1 N–H and O–H groups in total. The zero-order valence-corrected chi connectivity index (χ0v) is 14.0. The minimum atomic E-state index is -0.692. The van der Waals surface area contributed by atoms with Crippen molar-refractivity contribution in [1.29, 1.82) is 0 Å². The fourth-order valence-electron chi connectivity index (χ4n) is 1.98. The molecule has 6 heteroatoms. The van der Waals surface area contributed by atoms with Crippen LogP contribution in [0.3, 0.4) is 0 Å². The average Bonchev–Trinajstić information content (AvgIpc) is 2.52. The maximum Gasteiger partial charge on any atom is 0.330 e. The summed E-state index contributed by atoms with van der Waals surface area (Å²) in [5.41, 5.74) is 1.87. The van der Waals surface area contributed by atoms with Crippen LogP contribution in [-0.4, -0.2) is 20.9 Å². The number of halogens is 2. The monoisotopic (exact) mass is 373 g/mol. The van der Waals surface area contributed by atoms with Crippen LogP contribution in [0, 0.1) is 5.82 Å². The molecule has 1 atom stereocenters. The van der Waals surface area contributed by atoms with E-state index in [0.717, 1.165) is 5.56 Å². The van der Waals surface area contributed by atoms with Crippen LogP contribution in [0.25, 0.3) is 6.08 Å². The summed E-state index contributed by atoms with van der Waals surface area (Å²) in [6.07, 6.45) is 2.95. The van der Waals surface area contributed by atoms with E-state index in [-0.39, 0.29) is 5.82 Å². The molecule has 0 aliphatic heterocycles. The van der Waals surface area contributed by atoms with Gasteiger partial charge >= 0.3 is 5.97 Å². The Hall–Kier alpha value is -2.08. The first kappa shape index (κ1) is 17.3. The molecular formula is C17H14BBrFNO2. The zero-order valence-electron chi connectivity index (χ0n) is 12.4. The van der Waals surface area contributed by atoms with Crippen LogP contribution >= 0.6 is 15.9 Å². The summed E-state index contributed by atoms with van der Waals surface area (Å²) in [6, 6.07) is 12.0. The lowest BCUT2D eigenvalue weighted by atomic mass is 9.88. The lowest BCUT2D eigenvalue weighted by molar-refractivity contribution is -0.134. The third-order valence-corrected chi connectivity index (χ3v) is 3.61. The van der Waals surface area contributed by atoms with Crippen molar-refractivity contribution in [2.24, 2.45) is 0 Å². The highest BCUT2D eigenvalue weighted by molar-refractivity contribution is 9.10. The Morgan fingerprint density at radius 2 is 2.13 bits per heavy atom. The summed E-state index contributed by atoms with van der Waals surface area (Å²) in [6.45, 7) is 0. The van der Waals surface area contributed by atoms with Gasteiger partial charge in [-0.25, -0.2) is 9.18 Å². The summed E-state index contributed by atoms with van der Waals surface area (Å²) >= 11 is 3.21. The molecule has 0 aromatic heterocycles. The first-order chi connectivity index (χ1) is 11.0. The number of benzene rings is 2. The van der Waals surface area contributed by atoms with Gasteiger partial charge in [-0.05, 0) is 35.9 Å². The number of methoxy groups -OCH3 is 1. The molecule has 0 saturated carbocycles. The molecule has 0 aliphatic carbocycles. The molecule has 116 valence electrons. The molecule has 0 aliphatic rings. The van der Waals surface area contributed by atoms with Gasteiger partial charge in [0.05, 0.1) is 7.11 Å². The fourth-order valence-corrected chi connectivity index (χ4v) is 2.31. The summed E-state index contributed by atoms with van der Waals surface area (Å²) in [7, 11) is 7.33. The van der Waals surface area contributed by atoms with Gasteiger partial charge in [-0.3, -0.25) is 0 Å². The van der Waals surface area contributed by atoms with Crippen molar-refractivity contribution < 1.29 is 13.9 Å². The van der Waals surface area contributed by atoms with Crippen molar-refractivity contribution in [2.75, 3.05) is 12.4 Å². The molecule has 3 nitrogen and oxygen atoms in total. The average molecular weight is 374 g/mol. The van der Waals surface area contributed by atoms with Gasteiger partial charge in [0, 0.05) is 27.7 Å². The normalized spacial score (nSPS) is 12.1. The van der Waals surface area contributed by atoms with Gasteiger partial charge in [0.15, 0.2) is 0 Å². The second-order valence-electron chi connectivity index (χ2n) is 4.77. The van der Waals surface area contributed by atoms with E-state index in [1.807, 2.05) is 18.2 Å². The van der Waals surface area contributed by atoms with Crippen LogP contribution in [0.5, 0.6) is 0 Å². The lowest BCUT2D eigenvalue weighted by Gasteiger charge is -2.17. The van der Waals surface area contributed by atoms with Gasteiger partial charge in [-0.1, -0.05) is 34.1 Å². The topological polar surface area (TPSA) is 38.3 Å². The molecule has 23 heavy (non-hydrogen) atoms. The number of hydrogen-bond acceptors (Lipinski definition) is 3. The second kappa shape index (κ2) is 7.97. The van der Waals surface area contributed by atoms with Crippen molar-refractivity contribution in [3.05, 3.63) is 70.0 Å². The van der Waals surface area contributed by atoms with E-state index in [4.69, 9.17) is 7.85 Å². The van der Waals surface area contributed by atoms with Crippen LogP contribution in [0.15, 0.2) is 53.0 Å². The summed E-state index contributed by atoms with van der Waals surface area (Å²) in [5, 5.41) is 3.03. The Morgan fingerprint density at radius 3 is 2.83 bits per heavy atom. The van der Waals surface area contributed by atoms with Crippen LogP contribution < -0.4 is 5.32 Å². The fraction of sp³-hybridized carbons (Fsp3) is 0.118. The first-order valence-corrected chi connectivity index (χ1v) is 7.62. The molecular weight excluding hydrogens is 360 g/mol. The van der Waals surface area contributed by atoms with E-state index in [9.17, 15) is 9.18 Å². The van der Waals surface area contributed by atoms with Crippen LogP contribution in [0.4, 0.5) is 10.1 Å². The van der Waals surface area contributed by atoms with Crippen molar-refractivity contribution in [2.45, 2.75) is 5.94 Å². The van der Waals surface area contributed by atoms with E-state index in [1.165, 1.54) is 19.3 Å². The van der Waals surface area contributed by atoms with Crippen molar-refractivity contribution >= 4 is 41.5 Å². The summed E-state index contributed by atoms with van der Waals surface area (Å²) < 4.78 is 19.1. The molecule has 0 fully saturated rings.